The molecule has 0 aliphatic carbocycles. The lowest BCUT2D eigenvalue weighted by Gasteiger charge is -2.27. The van der Waals surface area contributed by atoms with E-state index in [1.807, 2.05) is 61.2 Å². The SMILES string of the molecule is Cc1ccc(N2CCN3C(=O)C(=O)[N+](CC(=O)Nc4ccccc4C)=NC32)cc1. The van der Waals surface area contributed by atoms with E-state index in [4.69, 9.17) is 0 Å². The minimum atomic E-state index is -0.785. The molecule has 1 atom stereocenters. The van der Waals surface area contributed by atoms with Crippen LogP contribution >= 0.6 is 0 Å². The molecule has 2 aliphatic heterocycles. The van der Waals surface area contributed by atoms with Crippen LogP contribution in [0.5, 0.6) is 0 Å². The van der Waals surface area contributed by atoms with E-state index in [2.05, 4.69) is 10.4 Å². The predicted molar refractivity (Wildman–Crippen MR) is 106 cm³/mol. The number of hydrogen-bond donors (Lipinski definition) is 1. The summed E-state index contributed by atoms with van der Waals surface area (Å²) < 4.78 is 0.976. The first-order valence-electron chi connectivity index (χ1n) is 9.46. The Morgan fingerprint density at radius 3 is 2.48 bits per heavy atom. The lowest BCUT2D eigenvalue weighted by Crippen LogP contribution is -2.52. The molecule has 3 amide bonds. The highest BCUT2D eigenvalue weighted by Crippen LogP contribution is 2.27. The maximum atomic E-state index is 12.6. The van der Waals surface area contributed by atoms with Gasteiger partial charge in [-0.2, -0.15) is 0 Å². The number of aryl methyl sites for hydroxylation is 2. The molecule has 2 aliphatic rings. The monoisotopic (exact) mass is 392 g/mol. The number of amides is 3. The quantitative estimate of drug-likeness (QED) is 0.636. The number of para-hydroxylation sites is 1. The Morgan fingerprint density at radius 1 is 1.07 bits per heavy atom. The van der Waals surface area contributed by atoms with Crippen LogP contribution in [-0.4, -0.2) is 53.2 Å². The number of carbonyl (C=O) groups is 3. The van der Waals surface area contributed by atoms with Crippen LogP contribution in [-0.2, 0) is 14.4 Å². The van der Waals surface area contributed by atoms with Crippen molar-refractivity contribution in [3.8, 4) is 0 Å². The number of anilines is 2. The normalized spacial score (nSPS) is 18.6. The molecular weight excluding hydrogens is 370 g/mol. The summed E-state index contributed by atoms with van der Waals surface area (Å²) in [5.74, 6) is -1.83. The number of nitrogens with one attached hydrogen (secondary N) is 1. The molecule has 29 heavy (non-hydrogen) atoms. The van der Waals surface area contributed by atoms with Crippen LogP contribution in [0.3, 0.4) is 0 Å². The van der Waals surface area contributed by atoms with Gasteiger partial charge >= 0.3 is 11.8 Å². The summed E-state index contributed by atoms with van der Waals surface area (Å²) in [7, 11) is 0. The van der Waals surface area contributed by atoms with Gasteiger partial charge in [0, 0.05) is 29.6 Å². The van der Waals surface area contributed by atoms with Gasteiger partial charge in [0.2, 0.25) is 0 Å². The topological polar surface area (TPSA) is 85.1 Å². The molecule has 2 aromatic carbocycles. The van der Waals surface area contributed by atoms with Gasteiger partial charge in [-0.15, -0.1) is 0 Å². The fraction of sp³-hybridized carbons (Fsp3) is 0.286. The predicted octanol–water partition coefficient (Wildman–Crippen LogP) is 1.88. The molecule has 2 aromatic rings. The third-order valence-electron chi connectivity index (χ3n) is 5.14. The maximum Gasteiger partial charge on any atom is 0.502 e. The molecule has 0 saturated carbocycles. The summed E-state index contributed by atoms with van der Waals surface area (Å²) in [6.45, 7) is 4.55. The largest absolute Gasteiger partial charge is 0.502 e. The van der Waals surface area contributed by atoms with Crippen LogP contribution < -0.4 is 10.2 Å². The second kappa shape index (κ2) is 7.46. The molecule has 2 heterocycles. The number of nitrogens with zero attached hydrogens (tertiary/aromatic N) is 4. The van der Waals surface area contributed by atoms with Gasteiger partial charge in [0.25, 0.3) is 18.7 Å². The van der Waals surface area contributed by atoms with Gasteiger partial charge in [-0.25, -0.2) is 4.79 Å². The highest BCUT2D eigenvalue weighted by atomic mass is 16.2. The van der Waals surface area contributed by atoms with Crippen LogP contribution in [0.1, 0.15) is 11.1 Å². The molecule has 1 saturated heterocycles. The fourth-order valence-electron chi connectivity index (χ4n) is 3.51. The smallest absolute Gasteiger partial charge is 0.326 e. The second-order valence-electron chi connectivity index (χ2n) is 7.22. The van der Waals surface area contributed by atoms with E-state index in [9.17, 15) is 14.4 Å². The Kier molecular flexibility index (Phi) is 4.84. The van der Waals surface area contributed by atoms with E-state index in [0.717, 1.165) is 21.5 Å². The van der Waals surface area contributed by atoms with Crippen molar-refractivity contribution in [1.29, 1.82) is 0 Å². The minimum Gasteiger partial charge on any atom is -0.326 e. The van der Waals surface area contributed by atoms with Crippen molar-refractivity contribution in [2.45, 2.75) is 20.1 Å². The zero-order valence-electron chi connectivity index (χ0n) is 16.3. The van der Waals surface area contributed by atoms with Gasteiger partial charge in [-0.1, -0.05) is 35.9 Å². The molecule has 4 rings (SSSR count). The number of carbonyl (C=O) groups excluding carboxylic acids is 3. The van der Waals surface area contributed by atoms with Crippen molar-refractivity contribution in [3.05, 3.63) is 59.7 Å². The first-order chi connectivity index (χ1) is 13.9. The number of rotatable bonds is 4. The van der Waals surface area contributed by atoms with E-state index >= 15 is 0 Å². The molecule has 148 valence electrons. The van der Waals surface area contributed by atoms with Gasteiger partial charge in [0.05, 0.1) is 0 Å². The van der Waals surface area contributed by atoms with Crippen molar-refractivity contribution in [2.75, 3.05) is 29.9 Å². The second-order valence-corrected chi connectivity index (χ2v) is 7.22. The Balaban J connectivity index is 1.56. The maximum absolute atomic E-state index is 12.6. The van der Waals surface area contributed by atoms with Crippen molar-refractivity contribution >= 4 is 29.1 Å². The average molecular weight is 392 g/mol. The Hall–Kier alpha value is -3.55. The number of azo groups is 2. The van der Waals surface area contributed by atoms with Crippen LogP contribution in [0, 0.1) is 13.8 Å². The van der Waals surface area contributed by atoms with Crippen LogP contribution in [0.2, 0.25) is 0 Å². The Labute approximate surface area is 168 Å². The van der Waals surface area contributed by atoms with Crippen LogP contribution in [0.4, 0.5) is 11.4 Å². The van der Waals surface area contributed by atoms with Gasteiger partial charge in [0.1, 0.15) is 0 Å². The van der Waals surface area contributed by atoms with E-state index in [1.54, 1.807) is 6.07 Å². The minimum absolute atomic E-state index is 0.314. The third kappa shape index (κ3) is 3.61. The van der Waals surface area contributed by atoms with Gasteiger partial charge < -0.3 is 10.2 Å². The summed E-state index contributed by atoms with van der Waals surface area (Å²) in [5, 5.41) is 7.18. The lowest BCUT2D eigenvalue weighted by atomic mass is 10.2. The summed E-state index contributed by atoms with van der Waals surface area (Å²) in [6.07, 6.45) is -0.630. The number of fused-ring (bicyclic) bond motifs is 1. The lowest BCUT2D eigenvalue weighted by molar-refractivity contribution is -0.509. The van der Waals surface area contributed by atoms with E-state index < -0.39 is 24.0 Å². The third-order valence-corrected chi connectivity index (χ3v) is 5.14. The van der Waals surface area contributed by atoms with Crippen molar-refractivity contribution in [3.63, 3.8) is 0 Å². The Morgan fingerprint density at radius 2 is 1.76 bits per heavy atom. The van der Waals surface area contributed by atoms with Crippen molar-refractivity contribution < 1.29 is 19.1 Å². The fourth-order valence-corrected chi connectivity index (χ4v) is 3.51. The van der Waals surface area contributed by atoms with Crippen LogP contribution in [0.25, 0.3) is 0 Å². The standard InChI is InChI=1S/C21H21N5O3/c1-14-7-9-16(10-8-14)24-11-12-25-19(28)20(29)26(23-21(24)25)13-18(27)22-17-6-4-3-5-15(17)2/h3-10,21H,11-13H2,1-2H3/p+1. The first-order valence-corrected chi connectivity index (χ1v) is 9.46. The highest BCUT2D eigenvalue weighted by Gasteiger charge is 2.49. The van der Waals surface area contributed by atoms with E-state index in [1.165, 1.54) is 4.90 Å². The molecule has 1 fully saturated rings. The number of hydrogen-bond acceptors (Lipinski definition) is 5. The van der Waals surface area contributed by atoms with E-state index in [-0.39, 0.29) is 6.54 Å². The van der Waals surface area contributed by atoms with Gasteiger partial charge in [0.15, 0.2) is 0 Å². The molecule has 0 spiro atoms. The molecule has 8 nitrogen and oxygen atoms in total. The molecular formula is C21H22N5O3+. The zero-order chi connectivity index (χ0) is 20.5. The van der Waals surface area contributed by atoms with Crippen LogP contribution in [0.15, 0.2) is 53.6 Å². The molecule has 8 heteroatoms. The summed E-state index contributed by atoms with van der Waals surface area (Å²) >= 11 is 0. The van der Waals surface area contributed by atoms with Crippen molar-refractivity contribution in [1.82, 2.24) is 4.90 Å². The number of benzene rings is 2. The van der Waals surface area contributed by atoms with E-state index in [0.29, 0.717) is 18.8 Å². The molecule has 1 unspecified atom stereocenters. The summed E-state index contributed by atoms with van der Waals surface area (Å²) in [4.78, 5) is 40.9. The highest BCUT2D eigenvalue weighted by molar-refractivity contribution is 6.32. The Bertz CT molecular complexity index is 1020. The summed E-state index contributed by atoms with van der Waals surface area (Å²) in [6, 6.07) is 15.3. The summed E-state index contributed by atoms with van der Waals surface area (Å²) in [5.41, 5.74) is 3.62. The first kappa shape index (κ1) is 18.8. The van der Waals surface area contributed by atoms with Gasteiger partial charge in [-0.3, -0.25) is 14.5 Å². The average Bonchev–Trinajstić information content (AvgIpc) is 3.12. The zero-order valence-corrected chi connectivity index (χ0v) is 16.3. The molecule has 0 bridgehead atoms. The molecule has 0 aromatic heterocycles. The van der Waals surface area contributed by atoms with Gasteiger partial charge in [-0.05, 0) is 42.3 Å². The molecule has 0 radical (unpaired) electrons. The molecule has 1 N–H and O–H groups in total. The van der Waals surface area contributed by atoms with Crippen molar-refractivity contribution in [2.24, 2.45) is 5.11 Å².